The van der Waals surface area contributed by atoms with Crippen LogP contribution in [0, 0.1) is 0 Å². The standard InChI is InChI=1S/C10H13Br2N3O2/c1-6-3-15(4-7(2-11)17-6)9-8(12)10(16)14-5-13-9/h5-7H,2-4H2,1H3,(H,13,14,16). The zero-order valence-corrected chi connectivity index (χ0v) is 12.5. The second-order valence-electron chi connectivity index (χ2n) is 4.00. The molecular weight excluding hydrogens is 354 g/mol. The smallest absolute Gasteiger partial charge is 0.267 e. The minimum absolute atomic E-state index is 0.117. The van der Waals surface area contributed by atoms with Gasteiger partial charge in [0.2, 0.25) is 0 Å². The molecule has 1 aromatic rings. The first kappa shape index (κ1) is 13.0. The number of anilines is 1. The second kappa shape index (κ2) is 5.49. The summed E-state index contributed by atoms with van der Waals surface area (Å²) in [6.45, 7) is 3.48. The van der Waals surface area contributed by atoms with Crippen LogP contribution in [0.15, 0.2) is 15.6 Å². The largest absolute Gasteiger partial charge is 0.371 e. The molecule has 2 heterocycles. The first-order chi connectivity index (χ1) is 8.11. The summed E-state index contributed by atoms with van der Waals surface area (Å²) in [4.78, 5) is 20.3. The summed E-state index contributed by atoms with van der Waals surface area (Å²) >= 11 is 6.70. The Labute approximate surface area is 116 Å². The van der Waals surface area contributed by atoms with Gasteiger partial charge >= 0.3 is 0 Å². The summed E-state index contributed by atoms with van der Waals surface area (Å²) in [7, 11) is 0. The van der Waals surface area contributed by atoms with Gasteiger partial charge in [-0.3, -0.25) is 4.79 Å². The van der Waals surface area contributed by atoms with E-state index in [4.69, 9.17) is 4.74 Å². The van der Waals surface area contributed by atoms with E-state index in [-0.39, 0.29) is 17.8 Å². The number of halogens is 2. The van der Waals surface area contributed by atoms with Gasteiger partial charge in [-0.1, -0.05) is 15.9 Å². The lowest BCUT2D eigenvalue weighted by atomic mass is 10.2. The molecule has 0 saturated carbocycles. The first-order valence-corrected chi connectivity index (χ1v) is 7.22. The predicted octanol–water partition coefficient (Wildman–Crippen LogP) is 1.52. The molecule has 2 unspecified atom stereocenters. The molecule has 1 N–H and O–H groups in total. The van der Waals surface area contributed by atoms with Crippen LogP contribution >= 0.6 is 31.9 Å². The Balaban J connectivity index is 2.27. The number of morpholine rings is 1. The number of alkyl halides is 1. The fourth-order valence-corrected chi connectivity index (χ4v) is 2.72. The lowest BCUT2D eigenvalue weighted by Crippen LogP contribution is -2.48. The molecular formula is C10H13Br2N3O2. The molecule has 5 nitrogen and oxygen atoms in total. The summed E-state index contributed by atoms with van der Waals surface area (Å²) in [6, 6.07) is 0. The SMILES string of the molecule is CC1CN(c2nc[nH]c(=O)c2Br)CC(CBr)O1. The van der Waals surface area contributed by atoms with E-state index in [0.29, 0.717) is 10.3 Å². The number of aromatic amines is 1. The topological polar surface area (TPSA) is 58.2 Å². The fourth-order valence-electron chi connectivity index (χ4n) is 1.90. The number of H-pyrrole nitrogens is 1. The van der Waals surface area contributed by atoms with Crippen molar-refractivity contribution < 1.29 is 4.74 Å². The van der Waals surface area contributed by atoms with E-state index in [1.165, 1.54) is 6.33 Å². The maximum atomic E-state index is 11.5. The third kappa shape index (κ3) is 2.89. The number of nitrogens with one attached hydrogen (secondary N) is 1. The molecule has 0 amide bonds. The average Bonchev–Trinajstić information content (AvgIpc) is 2.31. The van der Waals surface area contributed by atoms with Gasteiger partial charge in [0.05, 0.1) is 18.5 Å². The maximum Gasteiger partial charge on any atom is 0.267 e. The zero-order valence-electron chi connectivity index (χ0n) is 9.32. The van der Waals surface area contributed by atoms with Crippen molar-refractivity contribution in [2.24, 2.45) is 0 Å². The van der Waals surface area contributed by atoms with Gasteiger partial charge in [0.25, 0.3) is 5.56 Å². The Bertz CT molecular complexity index is 451. The molecule has 0 spiro atoms. The highest BCUT2D eigenvalue weighted by molar-refractivity contribution is 9.10. The predicted molar refractivity (Wildman–Crippen MR) is 72.9 cm³/mol. The minimum atomic E-state index is -0.162. The van der Waals surface area contributed by atoms with E-state index >= 15 is 0 Å². The summed E-state index contributed by atoms with van der Waals surface area (Å²) in [5.41, 5.74) is -0.162. The molecule has 0 bridgehead atoms. The highest BCUT2D eigenvalue weighted by Gasteiger charge is 2.27. The monoisotopic (exact) mass is 365 g/mol. The molecule has 0 radical (unpaired) electrons. The highest BCUT2D eigenvalue weighted by Crippen LogP contribution is 2.23. The third-order valence-corrected chi connectivity index (χ3v) is 4.01. The Morgan fingerprint density at radius 2 is 2.41 bits per heavy atom. The van der Waals surface area contributed by atoms with Crippen LogP contribution in [0.4, 0.5) is 5.82 Å². The van der Waals surface area contributed by atoms with Crippen molar-refractivity contribution in [3.8, 4) is 0 Å². The van der Waals surface area contributed by atoms with Crippen LogP contribution in [0.25, 0.3) is 0 Å². The van der Waals surface area contributed by atoms with Crippen LogP contribution in [-0.2, 0) is 4.74 Å². The van der Waals surface area contributed by atoms with Gasteiger partial charge in [-0.25, -0.2) is 4.98 Å². The van der Waals surface area contributed by atoms with Gasteiger partial charge in [0.1, 0.15) is 4.47 Å². The van der Waals surface area contributed by atoms with E-state index in [1.54, 1.807) is 0 Å². The van der Waals surface area contributed by atoms with Gasteiger partial charge in [0.15, 0.2) is 5.82 Å². The van der Waals surface area contributed by atoms with Crippen molar-refractivity contribution in [1.29, 1.82) is 0 Å². The quantitative estimate of drug-likeness (QED) is 0.806. The van der Waals surface area contributed by atoms with Crippen molar-refractivity contribution in [3.05, 3.63) is 21.2 Å². The number of hydrogen-bond acceptors (Lipinski definition) is 4. The normalized spacial score (nSPS) is 25.0. The molecule has 2 rings (SSSR count). The van der Waals surface area contributed by atoms with Crippen molar-refractivity contribution >= 4 is 37.7 Å². The van der Waals surface area contributed by atoms with Crippen molar-refractivity contribution in [1.82, 2.24) is 9.97 Å². The van der Waals surface area contributed by atoms with Gasteiger partial charge in [-0.15, -0.1) is 0 Å². The number of nitrogens with zero attached hydrogens (tertiary/aromatic N) is 2. The number of hydrogen-bond donors (Lipinski definition) is 1. The summed E-state index contributed by atoms with van der Waals surface area (Å²) < 4.78 is 6.21. The Kier molecular flexibility index (Phi) is 4.22. The molecule has 0 aromatic carbocycles. The van der Waals surface area contributed by atoms with Crippen LogP contribution in [0.3, 0.4) is 0 Å². The molecule has 94 valence electrons. The average molecular weight is 367 g/mol. The second-order valence-corrected chi connectivity index (χ2v) is 5.44. The Morgan fingerprint density at radius 3 is 3.12 bits per heavy atom. The van der Waals surface area contributed by atoms with E-state index < -0.39 is 0 Å². The van der Waals surface area contributed by atoms with E-state index in [2.05, 4.69) is 46.7 Å². The number of rotatable bonds is 2. The molecule has 1 fully saturated rings. The van der Waals surface area contributed by atoms with E-state index in [9.17, 15) is 4.79 Å². The van der Waals surface area contributed by atoms with Crippen molar-refractivity contribution in [3.63, 3.8) is 0 Å². The van der Waals surface area contributed by atoms with E-state index in [1.807, 2.05) is 6.92 Å². The van der Waals surface area contributed by atoms with Crippen molar-refractivity contribution in [2.45, 2.75) is 19.1 Å². The van der Waals surface area contributed by atoms with Gasteiger partial charge in [0, 0.05) is 18.4 Å². The van der Waals surface area contributed by atoms with E-state index in [0.717, 1.165) is 18.4 Å². The summed E-state index contributed by atoms with van der Waals surface area (Å²) in [6.07, 6.45) is 1.66. The van der Waals surface area contributed by atoms with Crippen LogP contribution in [0.1, 0.15) is 6.92 Å². The molecule has 17 heavy (non-hydrogen) atoms. The number of ether oxygens (including phenoxy) is 1. The third-order valence-electron chi connectivity index (χ3n) is 2.58. The maximum absolute atomic E-state index is 11.5. The van der Waals surface area contributed by atoms with Crippen LogP contribution in [-0.4, -0.2) is 40.6 Å². The van der Waals surface area contributed by atoms with Gasteiger partial charge in [-0.05, 0) is 22.9 Å². The molecule has 1 aliphatic rings. The Hall–Kier alpha value is -0.400. The van der Waals surface area contributed by atoms with Gasteiger partial charge in [-0.2, -0.15) is 0 Å². The Morgan fingerprint density at radius 1 is 1.65 bits per heavy atom. The first-order valence-electron chi connectivity index (χ1n) is 5.31. The fraction of sp³-hybridized carbons (Fsp3) is 0.600. The lowest BCUT2D eigenvalue weighted by molar-refractivity contribution is -0.00228. The van der Waals surface area contributed by atoms with Crippen LogP contribution < -0.4 is 10.5 Å². The van der Waals surface area contributed by atoms with Gasteiger partial charge < -0.3 is 14.6 Å². The molecule has 1 aromatic heterocycles. The summed E-state index contributed by atoms with van der Waals surface area (Å²) in [5.74, 6) is 0.676. The van der Waals surface area contributed by atoms with Crippen LogP contribution in [0.2, 0.25) is 0 Å². The minimum Gasteiger partial charge on any atom is -0.371 e. The highest BCUT2D eigenvalue weighted by atomic mass is 79.9. The van der Waals surface area contributed by atoms with Crippen LogP contribution in [0.5, 0.6) is 0 Å². The van der Waals surface area contributed by atoms with Crippen molar-refractivity contribution in [2.75, 3.05) is 23.3 Å². The molecule has 7 heteroatoms. The summed E-state index contributed by atoms with van der Waals surface area (Å²) in [5, 5.41) is 0.772. The molecule has 2 atom stereocenters. The number of aromatic nitrogens is 2. The zero-order chi connectivity index (χ0) is 12.4. The molecule has 1 saturated heterocycles. The molecule has 0 aliphatic carbocycles. The lowest BCUT2D eigenvalue weighted by Gasteiger charge is -2.37. The molecule has 1 aliphatic heterocycles.